The van der Waals surface area contributed by atoms with Crippen LogP contribution >= 0.6 is 0 Å². The maximum atomic E-state index is 13.3. The van der Waals surface area contributed by atoms with Crippen molar-refractivity contribution < 1.29 is 17.9 Å². The summed E-state index contributed by atoms with van der Waals surface area (Å²) in [4.78, 5) is 4.31. The van der Waals surface area contributed by atoms with E-state index in [9.17, 15) is 18.4 Å². The van der Waals surface area contributed by atoms with Gasteiger partial charge in [-0.25, -0.2) is 0 Å². The van der Waals surface area contributed by atoms with Gasteiger partial charge in [-0.1, -0.05) is 18.1 Å². The van der Waals surface area contributed by atoms with E-state index in [1.165, 1.54) is 4.57 Å². The van der Waals surface area contributed by atoms with Crippen LogP contribution in [0.2, 0.25) is 0 Å². The van der Waals surface area contributed by atoms with Gasteiger partial charge in [0, 0.05) is 31.1 Å². The number of rotatable bonds is 9. The molecule has 0 amide bonds. The molecule has 0 aliphatic rings. The maximum absolute atomic E-state index is 13.3. The minimum Gasteiger partial charge on any atom is -0.383 e. The van der Waals surface area contributed by atoms with E-state index in [1.807, 2.05) is 6.07 Å². The average Bonchev–Trinajstić information content (AvgIpc) is 3.16. The molecule has 0 radical (unpaired) electrons. The minimum atomic E-state index is -4.38. The topological polar surface area (TPSA) is 74.9 Å². The third kappa shape index (κ3) is 6.98. The Hall–Kier alpha value is -3.53. The molecule has 0 bridgehead atoms. The van der Waals surface area contributed by atoms with E-state index in [2.05, 4.69) is 33.5 Å². The average molecular weight is 484 g/mol. The fourth-order valence-electron chi connectivity index (χ4n) is 3.56. The van der Waals surface area contributed by atoms with Crippen LogP contribution in [-0.4, -0.2) is 42.5 Å². The molecule has 35 heavy (non-hydrogen) atoms. The lowest BCUT2D eigenvalue weighted by Crippen LogP contribution is -2.19. The Morgan fingerprint density at radius 3 is 2.63 bits per heavy atom. The molecule has 3 rings (SSSR count). The first-order chi connectivity index (χ1) is 16.6. The molecule has 0 atom stereocenters. The summed E-state index contributed by atoms with van der Waals surface area (Å²) in [6, 6.07) is 12.8. The van der Waals surface area contributed by atoms with Crippen molar-refractivity contribution in [3.8, 4) is 17.9 Å². The number of anilines is 1. The molecule has 0 fully saturated rings. The predicted molar refractivity (Wildman–Crippen MR) is 130 cm³/mol. The number of alkyl halides is 3. The van der Waals surface area contributed by atoms with Crippen LogP contribution in [0, 0.1) is 23.2 Å². The van der Waals surface area contributed by atoms with Gasteiger partial charge in [0.25, 0.3) is 0 Å². The largest absolute Gasteiger partial charge is 0.406 e. The Morgan fingerprint density at radius 2 is 1.97 bits per heavy atom. The highest BCUT2D eigenvalue weighted by Crippen LogP contribution is 2.27. The van der Waals surface area contributed by atoms with Crippen LogP contribution < -0.4 is 10.6 Å². The van der Waals surface area contributed by atoms with Gasteiger partial charge in [0.1, 0.15) is 6.54 Å². The quantitative estimate of drug-likeness (QED) is 0.344. The number of pyridine rings is 1. The lowest BCUT2D eigenvalue weighted by Gasteiger charge is -2.14. The summed E-state index contributed by atoms with van der Waals surface area (Å²) in [6.07, 6.45) is -2.77. The number of nitrogens with zero attached hydrogens (tertiary/aromatic N) is 3. The number of fused-ring (bicyclic) bond motifs is 1. The zero-order valence-corrected chi connectivity index (χ0v) is 20.0. The first kappa shape index (κ1) is 26.1. The Morgan fingerprint density at radius 1 is 1.17 bits per heavy atom. The van der Waals surface area contributed by atoms with Crippen LogP contribution in [0.3, 0.4) is 0 Å². The molecule has 0 saturated carbocycles. The van der Waals surface area contributed by atoms with Gasteiger partial charge in [0.2, 0.25) is 0 Å². The number of ether oxygens (including phenoxy) is 1. The predicted octanol–water partition coefficient (Wildman–Crippen LogP) is 4.60. The second kappa shape index (κ2) is 11.3. The van der Waals surface area contributed by atoms with E-state index in [0.29, 0.717) is 42.3 Å². The van der Waals surface area contributed by atoms with Crippen molar-refractivity contribution in [2.75, 3.05) is 32.1 Å². The molecule has 6 nitrogen and oxygen atoms in total. The molecular weight excluding hydrogens is 455 g/mol. The lowest BCUT2D eigenvalue weighted by molar-refractivity contribution is -0.140. The molecule has 0 aliphatic heterocycles. The molecule has 9 heteroatoms. The number of hydrogen-bond donors (Lipinski definition) is 2. The Labute approximate surface area is 203 Å². The third-order valence-corrected chi connectivity index (χ3v) is 5.45. The van der Waals surface area contributed by atoms with Gasteiger partial charge >= 0.3 is 6.18 Å². The zero-order valence-electron chi connectivity index (χ0n) is 20.0. The summed E-state index contributed by atoms with van der Waals surface area (Å²) >= 11 is 0. The number of hydrogen-bond acceptors (Lipinski definition) is 5. The van der Waals surface area contributed by atoms with Crippen molar-refractivity contribution in [2.24, 2.45) is 0 Å². The van der Waals surface area contributed by atoms with Crippen LogP contribution in [0.5, 0.6) is 0 Å². The van der Waals surface area contributed by atoms with Gasteiger partial charge in [0.15, 0.2) is 0 Å². The number of nitrogens with one attached hydrogen (secondary N) is 2. The highest BCUT2D eigenvalue weighted by molar-refractivity contribution is 5.86. The summed E-state index contributed by atoms with van der Waals surface area (Å²) < 4.78 is 46.2. The summed E-state index contributed by atoms with van der Waals surface area (Å²) in [7, 11) is 1.61. The van der Waals surface area contributed by atoms with E-state index in [1.54, 1.807) is 57.5 Å². The van der Waals surface area contributed by atoms with E-state index in [-0.39, 0.29) is 6.54 Å². The standard InChI is InChI=1S/C26H28F3N5O/c1-25(2,17-30)24-10-9-20(16-33-24)32-11-5-7-21-14-22-19(15-31-12-13-35-3)6-4-8-23(22)34(21)18-26(27,28)29/h4,6,8-10,14,16,31-32H,11-13,15,18H2,1-3H3. The molecule has 0 unspecified atom stereocenters. The van der Waals surface area contributed by atoms with Crippen LogP contribution in [0.25, 0.3) is 10.9 Å². The third-order valence-electron chi connectivity index (χ3n) is 5.45. The Kier molecular flexibility index (Phi) is 8.39. The molecule has 2 N–H and O–H groups in total. The van der Waals surface area contributed by atoms with Gasteiger partial charge in [-0.2, -0.15) is 18.4 Å². The zero-order chi connectivity index (χ0) is 25.5. The second-order valence-corrected chi connectivity index (χ2v) is 8.57. The molecule has 2 heterocycles. The van der Waals surface area contributed by atoms with Crippen LogP contribution in [0.15, 0.2) is 42.6 Å². The van der Waals surface area contributed by atoms with Crippen LogP contribution in [0.1, 0.15) is 30.8 Å². The van der Waals surface area contributed by atoms with Crippen molar-refractivity contribution in [3.63, 3.8) is 0 Å². The summed E-state index contributed by atoms with van der Waals surface area (Å²) in [6.45, 7) is 4.37. The van der Waals surface area contributed by atoms with Crippen LogP contribution in [-0.2, 0) is 23.2 Å². The molecule has 0 aliphatic carbocycles. The normalized spacial score (nSPS) is 11.7. The van der Waals surface area contributed by atoms with Gasteiger partial charge in [-0.05, 0) is 49.6 Å². The molecule has 0 saturated heterocycles. The summed E-state index contributed by atoms with van der Waals surface area (Å²) in [5.74, 6) is 5.80. The first-order valence-electron chi connectivity index (χ1n) is 11.1. The molecule has 184 valence electrons. The van der Waals surface area contributed by atoms with Crippen molar-refractivity contribution in [1.29, 1.82) is 5.26 Å². The molecule has 1 aromatic carbocycles. The monoisotopic (exact) mass is 483 g/mol. The maximum Gasteiger partial charge on any atom is 0.406 e. The highest BCUT2D eigenvalue weighted by Gasteiger charge is 2.29. The molecular formula is C26H28F3N5O. The van der Waals surface area contributed by atoms with E-state index < -0.39 is 18.1 Å². The minimum absolute atomic E-state index is 0.224. The summed E-state index contributed by atoms with van der Waals surface area (Å²) in [5, 5.41) is 16.3. The highest BCUT2D eigenvalue weighted by atomic mass is 19.4. The number of aromatic nitrogens is 2. The van der Waals surface area contributed by atoms with Crippen LogP contribution in [0.4, 0.5) is 18.9 Å². The molecule has 0 spiro atoms. The SMILES string of the molecule is COCCNCc1cccc2c1cc(C#CCNc1ccc(C(C)(C)C#N)nc1)n2CC(F)(F)F. The van der Waals surface area contributed by atoms with Gasteiger partial charge in [0.05, 0.1) is 47.9 Å². The summed E-state index contributed by atoms with van der Waals surface area (Å²) in [5.41, 5.74) is 2.35. The van der Waals surface area contributed by atoms with E-state index in [4.69, 9.17) is 4.74 Å². The second-order valence-electron chi connectivity index (χ2n) is 8.57. The molecule has 3 aromatic rings. The molecule has 2 aromatic heterocycles. The van der Waals surface area contributed by atoms with Crippen molar-refractivity contribution >= 4 is 16.6 Å². The lowest BCUT2D eigenvalue weighted by atomic mass is 9.91. The Bertz CT molecular complexity index is 1240. The van der Waals surface area contributed by atoms with E-state index >= 15 is 0 Å². The van der Waals surface area contributed by atoms with E-state index in [0.717, 1.165) is 10.9 Å². The van der Waals surface area contributed by atoms with Gasteiger partial charge < -0.3 is 19.9 Å². The van der Waals surface area contributed by atoms with Gasteiger partial charge in [-0.15, -0.1) is 0 Å². The van der Waals surface area contributed by atoms with Gasteiger partial charge in [-0.3, -0.25) is 4.98 Å². The van der Waals surface area contributed by atoms with Crippen molar-refractivity contribution in [2.45, 2.75) is 38.5 Å². The number of methoxy groups -OCH3 is 1. The fourth-order valence-corrected chi connectivity index (χ4v) is 3.56. The van der Waals surface area contributed by atoms with Crippen molar-refractivity contribution in [3.05, 3.63) is 59.5 Å². The number of halogens is 3. The van der Waals surface area contributed by atoms with Crippen molar-refractivity contribution in [1.82, 2.24) is 14.9 Å². The Balaban J connectivity index is 1.80. The smallest absolute Gasteiger partial charge is 0.383 e. The fraction of sp³-hybridized carbons (Fsp3) is 0.385. The number of nitriles is 1. The first-order valence-corrected chi connectivity index (χ1v) is 11.1. The number of benzene rings is 1.